The summed E-state index contributed by atoms with van der Waals surface area (Å²) in [5, 5.41) is 13.8. The van der Waals surface area contributed by atoms with Gasteiger partial charge in [-0.25, -0.2) is 0 Å². The molecule has 1 aromatic rings. The van der Waals surface area contributed by atoms with Crippen molar-refractivity contribution in [1.29, 1.82) is 0 Å². The monoisotopic (exact) mass is 227 g/mol. The van der Waals surface area contributed by atoms with Crippen LogP contribution in [0.2, 0.25) is 5.02 Å². The molecule has 0 radical (unpaired) electrons. The van der Waals surface area contributed by atoms with Gasteiger partial charge in [0.25, 0.3) is 0 Å². The van der Waals surface area contributed by atoms with Gasteiger partial charge in [0.05, 0.1) is 6.61 Å². The summed E-state index contributed by atoms with van der Waals surface area (Å²) < 4.78 is 5.48. The molecule has 1 aliphatic rings. The highest BCUT2D eigenvalue weighted by Gasteiger charge is 2.25. The molecule has 1 saturated heterocycles. The van der Waals surface area contributed by atoms with Gasteiger partial charge >= 0.3 is 0 Å². The van der Waals surface area contributed by atoms with Crippen LogP contribution < -0.4 is 5.32 Å². The van der Waals surface area contributed by atoms with Crippen LogP contribution in [0.25, 0.3) is 0 Å². The van der Waals surface area contributed by atoms with Gasteiger partial charge in [-0.05, 0) is 6.07 Å². The molecule has 0 saturated carbocycles. The number of ether oxygens (including phenoxy) is 1. The van der Waals surface area contributed by atoms with Crippen molar-refractivity contribution < 1.29 is 9.84 Å². The third-order valence-electron chi connectivity index (χ3n) is 2.53. The summed E-state index contributed by atoms with van der Waals surface area (Å²) in [7, 11) is 0. The molecule has 2 atom stereocenters. The van der Waals surface area contributed by atoms with E-state index in [2.05, 4.69) is 5.32 Å². The predicted octanol–water partition coefficient (Wildman–Crippen LogP) is 1.36. The summed E-state index contributed by atoms with van der Waals surface area (Å²) in [5.74, 6) is 0. The third kappa shape index (κ3) is 2.49. The second-order valence-electron chi connectivity index (χ2n) is 3.58. The van der Waals surface area contributed by atoms with Gasteiger partial charge in [0.15, 0.2) is 0 Å². The second kappa shape index (κ2) is 4.94. The van der Waals surface area contributed by atoms with Gasteiger partial charge in [0, 0.05) is 23.7 Å². The Hall–Kier alpha value is -0.610. The van der Waals surface area contributed by atoms with Gasteiger partial charge in [-0.15, -0.1) is 0 Å². The molecule has 1 aromatic carbocycles. The molecule has 1 fully saturated rings. The van der Waals surface area contributed by atoms with Crippen molar-refractivity contribution in [1.82, 2.24) is 5.32 Å². The highest BCUT2D eigenvalue weighted by Crippen LogP contribution is 2.26. The Labute approximate surface area is 94.0 Å². The first-order valence-corrected chi connectivity index (χ1v) is 5.41. The quantitative estimate of drug-likeness (QED) is 0.802. The van der Waals surface area contributed by atoms with Crippen LogP contribution in [0.4, 0.5) is 0 Å². The highest BCUT2D eigenvalue weighted by molar-refractivity contribution is 6.31. The smallest absolute Gasteiger partial charge is 0.108 e. The molecular formula is C11H14ClNO2. The summed E-state index contributed by atoms with van der Waals surface area (Å²) >= 11 is 6.00. The molecule has 0 spiro atoms. The molecule has 0 amide bonds. The Morgan fingerprint density at radius 3 is 2.93 bits per heavy atom. The molecule has 1 heterocycles. The fourth-order valence-corrected chi connectivity index (χ4v) is 1.95. The van der Waals surface area contributed by atoms with Gasteiger partial charge in [-0.3, -0.25) is 0 Å². The van der Waals surface area contributed by atoms with E-state index < -0.39 is 6.10 Å². The maximum atomic E-state index is 10.1. The normalized spacial score (nSPS) is 23.7. The number of benzene rings is 1. The van der Waals surface area contributed by atoms with Crippen LogP contribution >= 0.6 is 11.6 Å². The van der Waals surface area contributed by atoms with E-state index >= 15 is 0 Å². The summed E-state index contributed by atoms with van der Waals surface area (Å²) in [4.78, 5) is 0. The zero-order valence-corrected chi connectivity index (χ0v) is 9.07. The molecule has 4 heteroatoms. The van der Waals surface area contributed by atoms with Crippen LogP contribution in [-0.2, 0) is 4.74 Å². The average Bonchev–Trinajstić information content (AvgIpc) is 2.30. The van der Waals surface area contributed by atoms with E-state index in [0.29, 0.717) is 18.2 Å². The molecule has 15 heavy (non-hydrogen) atoms. The van der Waals surface area contributed by atoms with E-state index in [1.165, 1.54) is 0 Å². The molecule has 0 bridgehead atoms. The van der Waals surface area contributed by atoms with Crippen molar-refractivity contribution in [3.05, 3.63) is 34.9 Å². The largest absolute Gasteiger partial charge is 0.386 e. The molecular weight excluding hydrogens is 214 g/mol. The summed E-state index contributed by atoms with van der Waals surface area (Å²) in [6.07, 6.45) is -0.870. The van der Waals surface area contributed by atoms with Gasteiger partial charge < -0.3 is 15.2 Å². The van der Waals surface area contributed by atoms with Crippen molar-refractivity contribution in [2.75, 3.05) is 19.7 Å². The van der Waals surface area contributed by atoms with Gasteiger partial charge in [0.2, 0.25) is 0 Å². The van der Waals surface area contributed by atoms with E-state index in [1.54, 1.807) is 6.07 Å². The van der Waals surface area contributed by atoms with Gasteiger partial charge in [0.1, 0.15) is 12.2 Å². The molecule has 2 rings (SSSR count). The first-order valence-electron chi connectivity index (χ1n) is 5.04. The van der Waals surface area contributed by atoms with Crippen molar-refractivity contribution in [2.45, 2.75) is 12.2 Å². The van der Waals surface area contributed by atoms with E-state index in [4.69, 9.17) is 16.3 Å². The molecule has 1 aliphatic heterocycles. The maximum Gasteiger partial charge on any atom is 0.108 e. The highest BCUT2D eigenvalue weighted by atomic mass is 35.5. The number of aliphatic hydroxyl groups is 1. The maximum absolute atomic E-state index is 10.1. The summed E-state index contributed by atoms with van der Waals surface area (Å²) in [5.41, 5.74) is 0.730. The zero-order valence-electron chi connectivity index (χ0n) is 8.32. The van der Waals surface area contributed by atoms with E-state index in [9.17, 15) is 5.11 Å². The first kappa shape index (κ1) is 10.9. The lowest BCUT2D eigenvalue weighted by Crippen LogP contribution is -2.41. The van der Waals surface area contributed by atoms with Crippen molar-refractivity contribution in [2.24, 2.45) is 0 Å². The van der Waals surface area contributed by atoms with Crippen molar-refractivity contribution in [3.63, 3.8) is 0 Å². The lowest BCUT2D eigenvalue weighted by atomic mass is 10.0. The minimum atomic E-state index is -0.661. The fraction of sp³-hybridized carbons (Fsp3) is 0.455. The lowest BCUT2D eigenvalue weighted by Gasteiger charge is -2.28. The summed E-state index contributed by atoms with van der Waals surface area (Å²) in [6, 6.07) is 7.31. The number of nitrogens with one attached hydrogen (secondary N) is 1. The fourth-order valence-electron chi connectivity index (χ4n) is 1.70. The number of halogens is 1. The average molecular weight is 228 g/mol. The first-order chi connectivity index (χ1) is 7.29. The minimum absolute atomic E-state index is 0.210. The van der Waals surface area contributed by atoms with Crippen LogP contribution in [0.1, 0.15) is 11.7 Å². The Bertz CT molecular complexity index is 326. The Morgan fingerprint density at radius 1 is 1.47 bits per heavy atom. The number of hydrogen-bond acceptors (Lipinski definition) is 3. The van der Waals surface area contributed by atoms with Crippen LogP contribution in [0.3, 0.4) is 0 Å². The van der Waals surface area contributed by atoms with Crippen LogP contribution in [0.15, 0.2) is 24.3 Å². The second-order valence-corrected chi connectivity index (χ2v) is 3.99. The Balaban J connectivity index is 2.12. The van der Waals surface area contributed by atoms with Crippen LogP contribution in [-0.4, -0.2) is 30.9 Å². The molecule has 3 nitrogen and oxygen atoms in total. The Kier molecular flexibility index (Phi) is 3.59. The number of aliphatic hydroxyl groups excluding tert-OH is 1. The van der Waals surface area contributed by atoms with Crippen molar-refractivity contribution in [3.8, 4) is 0 Å². The van der Waals surface area contributed by atoms with Gasteiger partial charge in [-0.1, -0.05) is 29.8 Å². The molecule has 2 N–H and O–H groups in total. The third-order valence-corrected chi connectivity index (χ3v) is 2.88. The van der Waals surface area contributed by atoms with E-state index in [1.807, 2.05) is 18.2 Å². The molecule has 0 aromatic heterocycles. The molecule has 0 aliphatic carbocycles. The topological polar surface area (TPSA) is 41.5 Å². The standard InChI is InChI=1S/C11H14ClNO2/c12-9-4-2-1-3-8(9)11(14)10-7-13-5-6-15-10/h1-4,10-11,13-14H,5-7H2. The zero-order chi connectivity index (χ0) is 10.7. The molecule has 82 valence electrons. The van der Waals surface area contributed by atoms with Crippen LogP contribution in [0, 0.1) is 0 Å². The van der Waals surface area contributed by atoms with E-state index in [0.717, 1.165) is 12.1 Å². The van der Waals surface area contributed by atoms with E-state index in [-0.39, 0.29) is 6.10 Å². The van der Waals surface area contributed by atoms with Gasteiger partial charge in [-0.2, -0.15) is 0 Å². The number of hydrogen-bond donors (Lipinski definition) is 2. The summed E-state index contributed by atoms with van der Waals surface area (Å²) in [6.45, 7) is 2.13. The lowest BCUT2D eigenvalue weighted by molar-refractivity contribution is -0.0536. The number of morpholine rings is 1. The molecule has 2 unspecified atom stereocenters. The van der Waals surface area contributed by atoms with Crippen LogP contribution in [0.5, 0.6) is 0 Å². The number of rotatable bonds is 2. The minimum Gasteiger partial charge on any atom is -0.386 e. The SMILES string of the molecule is OC(c1ccccc1Cl)C1CNCCO1. The van der Waals surface area contributed by atoms with Crippen molar-refractivity contribution >= 4 is 11.6 Å². The predicted molar refractivity (Wildman–Crippen MR) is 59.0 cm³/mol. The Morgan fingerprint density at radius 2 is 2.27 bits per heavy atom.